The normalized spacial score (nSPS) is 12.1. The van der Waals surface area contributed by atoms with Crippen LogP contribution in [0.4, 0.5) is 0 Å². The second-order valence-electron chi connectivity index (χ2n) is 7.05. The molecule has 0 aliphatic heterocycles. The molecule has 2 aromatic carbocycles. The summed E-state index contributed by atoms with van der Waals surface area (Å²) in [7, 11) is 0. The Hall–Kier alpha value is -2.06. The maximum atomic E-state index is 6.05. The van der Waals surface area contributed by atoms with Gasteiger partial charge in [-0.2, -0.15) is 0 Å². The van der Waals surface area contributed by atoms with Gasteiger partial charge in [0.05, 0.1) is 0 Å². The summed E-state index contributed by atoms with van der Waals surface area (Å²) in [5.74, 6) is 2.02. The van der Waals surface area contributed by atoms with E-state index in [1.807, 2.05) is 11.3 Å². The van der Waals surface area contributed by atoms with E-state index in [9.17, 15) is 0 Å². The molecule has 0 aliphatic rings. The van der Waals surface area contributed by atoms with E-state index in [0.29, 0.717) is 11.8 Å². The molecule has 0 aliphatic carbocycles. The molecular weight excluding hydrogens is 312 g/mol. The third kappa shape index (κ3) is 2.46. The van der Waals surface area contributed by atoms with Crippen LogP contribution in [-0.2, 0) is 0 Å². The lowest BCUT2D eigenvalue weighted by Gasteiger charge is -2.05. The molecule has 0 N–H and O–H groups in total. The van der Waals surface area contributed by atoms with Gasteiger partial charge in [-0.15, -0.1) is 11.3 Å². The minimum Gasteiger partial charge on any atom is -0.461 e. The number of rotatable bonds is 3. The van der Waals surface area contributed by atoms with Crippen molar-refractivity contribution < 1.29 is 4.42 Å². The van der Waals surface area contributed by atoms with Crippen LogP contribution in [0.5, 0.6) is 0 Å². The van der Waals surface area contributed by atoms with Gasteiger partial charge < -0.3 is 4.42 Å². The van der Waals surface area contributed by atoms with Crippen molar-refractivity contribution in [3.63, 3.8) is 0 Å². The molecule has 24 heavy (non-hydrogen) atoms. The summed E-state index contributed by atoms with van der Waals surface area (Å²) in [6, 6.07) is 17.5. The van der Waals surface area contributed by atoms with Crippen molar-refractivity contribution in [2.24, 2.45) is 0 Å². The fourth-order valence-electron chi connectivity index (χ4n) is 3.18. The third-order valence-corrected chi connectivity index (χ3v) is 6.06. The molecule has 0 unspecified atom stereocenters. The van der Waals surface area contributed by atoms with E-state index in [4.69, 9.17) is 4.42 Å². The molecule has 4 aromatic rings. The van der Waals surface area contributed by atoms with Crippen molar-refractivity contribution in [3.8, 4) is 11.1 Å². The van der Waals surface area contributed by atoms with Crippen LogP contribution in [0, 0.1) is 0 Å². The van der Waals surface area contributed by atoms with E-state index >= 15 is 0 Å². The molecule has 2 heterocycles. The molecule has 0 bridgehead atoms. The van der Waals surface area contributed by atoms with E-state index in [2.05, 4.69) is 76.2 Å². The minimum atomic E-state index is 0.398. The Kier molecular flexibility index (Phi) is 3.73. The highest BCUT2D eigenvalue weighted by molar-refractivity contribution is 7.19. The lowest BCUT2D eigenvalue weighted by molar-refractivity contribution is 0.522. The molecule has 0 saturated heterocycles. The highest BCUT2D eigenvalue weighted by atomic mass is 32.1. The summed E-state index contributed by atoms with van der Waals surface area (Å²) in [5.41, 5.74) is 3.56. The highest BCUT2D eigenvalue weighted by Gasteiger charge is 2.15. The maximum absolute atomic E-state index is 6.05. The Morgan fingerprint density at radius 3 is 2.33 bits per heavy atom. The molecule has 2 heteroatoms. The first-order valence-corrected chi connectivity index (χ1v) is 9.41. The summed E-state index contributed by atoms with van der Waals surface area (Å²) in [5, 5.41) is 2.55. The van der Waals surface area contributed by atoms with E-state index < -0.39 is 0 Å². The molecule has 0 radical (unpaired) electrons. The SMILES string of the molecule is CC(C)c1cc2c(-c3cccc4cc(C(C)C)sc34)cccc2o1. The number of furan rings is 1. The predicted molar refractivity (Wildman–Crippen MR) is 105 cm³/mol. The first-order chi connectivity index (χ1) is 11.5. The largest absolute Gasteiger partial charge is 0.461 e. The molecular formula is C22H22OS. The van der Waals surface area contributed by atoms with E-state index in [0.717, 1.165) is 11.3 Å². The molecule has 0 fully saturated rings. The Bertz CT molecular complexity index is 933. The molecule has 0 saturated carbocycles. The van der Waals surface area contributed by atoms with Gasteiger partial charge in [-0.3, -0.25) is 0 Å². The fourth-order valence-corrected chi connectivity index (χ4v) is 4.37. The van der Waals surface area contributed by atoms with Gasteiger partial charge in [-0.1, -0.05) is 58.0 Å². The van der Waals surface area contributed by atoms with Gasteiger partial charge in [0.2, 0.25) is 0 Å². The van der Waals surface area contributed by atoms with Crippen molar-refractivity contribution in [3.05, 3.63) is 59.2 Å². The zero-order valence-corrected chi connectivity index (χ0v) is 15.4. The molecule has 4 rings (SSSR count). The van der Waals surface area contributed by atoms with Gasteiger partial charge in [0.15, 0.2) is 0 Å². The van der Waals surface area contributed by atoms with Crippen LogP contribution >= 0.6 is 11.3 Å². The third-order valence-electron chi connectivity index (χ3n) is 4.57. The van der Waals surface area contributed by atoms with Crippen LogP contribution in [0.15, 0.2) is 52.9 Å². The van der Waals surface area contributed by atoms with Crippen molar-refractivity contribution in [1.82, 2.24) is 0 Å². The lowest BCUT2D eigenvalue weighted by Crippen LogP contribution is -1.80. The number of benzene rings is 2. The van der Waals surface area contributed by atoms with E-state index in [1.54, 1.807) is 0 Å². The Morgan fingerprint density at radius 1 is 0.833 bits per heavy atom. The van der Waals surface area contributed by atoms with Crippen molar-refractivity contribution in [1.29, 1.82) is 0 Å². The Morgan fingerprint density at radius 2 is 1.58 bits per heavy atom. The first-order valence-electron chi connectivity index (χ1n) is 8.60. The van der Waals surface area contributed by atoms with Crippen molar-refractivity contribution >= 4 is 32.4 Å². The average Bonchev–Trinajstić information content (AvgIpc) is 3.18. The first kappa shape index (κ1) is 15.5. The molecule has 122 valence electrons. The lowest BCUT2D eigenvalue weighted by atomic mass is 9.99. The van der Waals surface area contributed by atoms with Gasteiger partial charge in [-0.05, 0) is 35.1 Å². The summed E-state index contributed by atoms with van der Waals surface area (Å²) < 4.78 is 7.43. The molecule has 0 atom stereocenters. The fraction of sp³-hybridized carbons (Fsp3) is 0.273. The Labute approximate surface area is 146 Å². The number of hydrogen-bond acceptors (Lipinski definition) is 2. The standard InChI is InChI=1S/C22H22OS/c1-13(2)20-12-18-16(8-6-10-19(18)23-20)17-9-5-7-15-11-21(14(3)4)24-22(15)17/h5-14H,1-4H3. The summed E-state index contributed by atoms with van der Waals surface area (Å²) in [4.78, 5) is 1.44. The zero-order valence-electron chi connectivity index (χ0n) is 14.6. The topological polar surface area (TPSA) is 13.1 Å². The van der Waals surface area contributed by atoms with Crippen molar-refractivity contribution in [2.45, 2.75) is 39.5 Å². The van der Waals surface area contributed by atoms with Gasteiger partial charge >= 0.3 is 0 Å². The highest BCUT2D eigenvalue weighted by Crippen LogP contribution is 2.40. The van der Waals surface area contributed by atoms with Crippen LogP contribution < -0.4 is 0 Å². The van der Waals surface area contributed by atoms with Crippen LogP contribution in [0.3, 0.4) is 0 Å². The number of fused-ring (bicyclic) bond motifs is 2. The van der Waals surface area contributed by atoms with Gasteiger partial charge in [0, 0.05) is 26.4 Å². The summed E-state index contributed by atoms with van der Waals surface area (Å²) in [6.45, 7) is 8.87. The smallest absolute Gasteiger partial charge is 0.134 e. The second-order valence-corrected chi connectivity index (χ2v) is 8.13. The average molecular weight is 334 g/mol. The van der Waals surface area contributed by atoms with Crippen LogP contribution in [0.1, 0.15) is 50.2 Å². The van der Waals surface area contributed by atoms with E-state index in [-0.39, 0.29) is 0 Å². The number of hydrogen-bond donors (Lipinski definition) is 0. The molecule has 0 spiro atoms. The van der Waals surface area contributed by atoms with Crippen LogP contribution in [0.2, 0.25) is 0 Å². The number of thiophene rings is 1. The van der Waals surface area contributed by atoms with Crippen molar-refractivity contribution in [2.75, 3.05) is 0 Å². The van der Waals surface area contributed by atoms with Crippen LogP contribution in [0.25, 0.3) is 32.2 Å². The Balaban J connectivity index is 1.99. The summed E-state index contributed by atoms with van der Waals surface area (Å²) >= 11 is 1.92. The second kappa shape index (κ2) is 5.78. The minimum absolute atomic E-state index is 0.398. The molecule has 2 aromatic heterocycles. The van der Waals surface area contributed by atoms with Gasteiger partial charge in [0.1, 0.15) is 11.3 Å². The predicted octanol–water partition coefficient (Wildman–Crippen LogP) is 7.56. The monoisotopic (exact) mass is 334 g/mol. The summed E-state index contributed by atoms with van der Waals surface area (Å²) in [6.07, 6.45) is 0. The van der Waals surface area contributed by atoms with E-state index in [1.165, 1.54) is 31.5 Å². The van der Waals surface area contributed by atoms with Crippen LogP contribution in [-0.4, -0.2) is 0 Å². The quantitative estimate of drug-likeness (QED) is 0.377. The molecule has 1 nitrogen and oxygen atoms in total. The zero-order chi connectivity index (χ0) is 16.8. The maximum Gasteiger partial charge on any atom is 0.134 e. The van der Waals surface area contributed by atoms with Gasteiger partial charge in [-0.25, -0.2) is 0 Å². The van der Waals surface area contributed by atoms with Gasteiger partial charge in [0.25, 0.3) is 0 Å². The molecule has 0 amide bonds.